The Balaban J connectivity index is 1.83. The molecule has 2 saturated carbocycles. The maximum atomic E-state index is 10.2. The lowest BCUT2D eigenvalue weighted by molar-refractivity contribution is -0.0790. The summed E-state index contributed by atoms with van der Waals surface area (Å²) in [5, 5.41) is 10.2. The van der Waals surface area contributed by atoms with Crippen LogP contribution in [0.25, 0.3) is 0 Å². The predicted octanol–water partition coefficient (Wildman–Crippen LogP) is 3.15. The van der Waals surface area contributed by atoms with E-state index >= 15 is 0 Å². The fourth-order valence-electron chi connectivity index (χ4n) is 4.29. The normalized spacial score (nSPS) is 47.1. The van der Waals surface area contributed by atoms with Crippen molar-refractivity contribution >= 4 is 0 Å². The molecule has 0 amide bonds. The van der Waals surface area contributed by atoms with Crippen LogP contribution in [0, 0.1) is 23.7 Å². The Morgan fingerprint density at radius 3 is 2.67 bits per heavy atom. The highest BCUT2D eigenvalue weighted by Gasteiger charge is 2.52. The molecular weight excluding hydrogens is 224 g/mol. The van der Waals surface area contributed by atoms with Crippen molar-refractivity contribution in [2.45, 2.75) is 64.8 Å². The van der Waals surface area contributed by atoms with Gasteiger partial charge < -0.3 is 9.84 Å². The zero-order chi connectivity index (χ0) is 13.1. The average Bonchev–Trinajstić information content (AvgIpc) is 2.66. The molecule has 0 aliphatic heterocycles. The first kappa shape index (κ1) is 12.7. The summed E-state index contributed by atoms with van der Waals surface area (Å²) < 4.78 is 6.31. The molecule has 2 nitrogen and oxygen atoms in total. The summed E-state index contributed by atoms with van der Waals surface area (Å²) in [6.07, 6.45) is 6.00. The molecule has 0 heterocycles. The van der Waals surface area contributed by atoms with Crippen LogP contribution in [0.5, 0.6) is 0 Å². The third-order valence-corrected chi connectivity index (χ3v) is 4.96. The van der Waals surface area contributed by atoms with Gasteiger partial charge in [-0.1, -0.05) is 18.6 Å². The zero-order valence-electron chi connectivity index (χ0n) is 12.0. The van der Waals surface area contributed by atoms with Crippen LogP contribution in [-0.4, -0.2) is 22.9 Å². The van der Waals surface area contributed by atoms with Crippen LogP contribution >= 0.6 is 0 Å². The molecule has 2 heteroatoms. The van der Waals surface area contributed by atoms with E-state index in [1.165, 1.54) is 6.42 Å². The molecule has 3 aliphatic rings. The molecule has 18 heavy (non-hydrogen) atoms. The van der Waals surface area contributed by atoms with Crippen molar-refractivity contribution in [1.29, 1.82) is 0 Å². The number of ether oxygens (including phenoxy) is 1. The van der Waals surface area contributed by atoms with Crippen LogP contribution in [0.3, 0.4) is 0 Å². The molecule has 102 valence electrons. The van der Waals surface area contributed by atoms with E-state index in [1.807, 2.05) is 0 Å². The van der Waals surface area contributed by atoms with E-state index in [1.54, 1.807) is 5.57 Å². The minimum Gasteiger partial charge on any atom is -0.393 e. The van der Waals surface area contributed by atoms with E-state index in [4.69, 9.17) is 4.74 Å². The predicted molar refractivity (Wildman–Crippen MR) is 72.2 cm³/mol. The number of aliphatic hydroxyl groups excluding tert-OH is 1. The minimum atomic E-state index is -0.115. The number of rotatable bonds is 1. The average molecular weight is 250 g/mol. The van der Waals surface area contributed by atoms with Crippen molar-refractivity contribution < 1.29 is 9.84 Å². The van der Waals surface area contributed by atoms with Gasteiger partial charge in [0.05, 0.1) is 17.8 Å². The largest absolute Gasteiger partial charge is 0.393 e. The van der Waals surface area contributed by atoms with E-state index in [-0.39, 0.29) is 11.7 Å². The highest BCUT2D eigenvalue weighted by Crippen LogP contribution is 2.55. The standard InChI is InChI=1S/C16H26O2/c1-9-5-10-6-12-7-11(8-13(9)17)14(10)15(12)18-16(2,3)4/h6,9,11-15,17H,5,7-8H2,1-4H3/t9-,11-,12-,13-,14+,15+/m0/s1. The smallest absolute Gasteiger partial charge is 0.0712 e. The summed E-state index contributed by atoms with van der Waals surface area (Å²) in [5.41, 5.74) is 1.52. The topological polar surface area (TPSA) is 29.5 Å². The van der Waals surface area contributed by atoms with Crippen molar-refractivity contribution in [3.63, 3.8) is 0 Å². The molecule has 6 atom stereocenters. The third-order valence-electron chi connectivity index (χ3n) is 4.96. The first-order valence-electron chi connectivity index (χ1n) is 7.41. The lowest BCUT2D eigenvalue weighted by Crippen LogP contribution is -2.32. The summed E-state index contributed by atoms with van der Waals surface area (Å²) in [6, 6.07) is 0. The molecule has 2 fully saturated rings. The van der Waals surface area contributed by atoms with Crippen LogP contribution in [-0.2, 0) is 4.74 Å². The zero-order valence-corrected chi connectivity index (χ0v) is 12.0. The van der Waals surface area contributed by atoms with E-state index < -0.39 is 0 Å². The van der Waals surface area contributed by atoms with Crippen molar-refractivity contribution in [2.24, 2.45) is 23.7 Å². The Morgan fingerprint density at radius 1 is 1.28 bits per heavy atom. The molecule has 0 aromatic rings. The molecule has 1 N–H and O–H groups in total. The molecule has 0 spiro atoms. The van der Waals surface area contributed by atoms with Crippen LogP contribution in [0.15, 0.2) is 11.6 Å². The quantitative estimate of drug-likeness (QED) is 0.724. The van der Waals surface area contributed by atoms with Gasteiger partial charge in [0.25, 0.3) is 0 Å². The Bertz CT molecular complexity index is 366. The van der Waals surface area contributed by atoms with Gasteiger partial charge in [-0.2, -0.15) is 0 Å². The van der Waals surface area contributed by atoms with Crippen molar-refractivity contribution in [3.05, 3.63) is 11.6 Å². The highest BCUT2D eigenvalue weighted by atomic mass is 16.5. The van der Waals surface area contributed by atoms with Crippen molar-refractivity contribution in [3.8, 4) is 0 Å². The Kier molecular flexibility index (Phi) is 2.87. The molecular formula is C16H26O2. The van der Waals surface area contributed by atoms with Crippen LogP contribution in [0.2, 0.25) is 0 Å². The molecule has 0 aromatic carbocycles. The second kappa shape index (κ2) is 4.08. The summed E-state index contributed by atoms with van der Waals surface area (Å²) in [5.74, 6) is 2.26. The number of aliphatic hydroxyl groups is 1. The van der Waals surface area contributed by atoms with Gasteiger partial charge >= 0.3 is 0 Å². The monoisotopic (exact) mass is 250 g/mol. The molecule has 3 aliphatic carbocycles. The molecule has 0 saturated heterocycles. The summed E-state index contributed by atoms with van der Waals surface area (Å²) >= 11 is 0. The molecule has 3 rings (SSSR count). The summed E-state index contributed by atoms with van der Waals surface area (Å²) in [6.45, 7) is 8.63. The fourth-order valence-corrected chi connectivity index (χ4v) is 4.29. The van der Waals surface area contributed by atoms with E-state index in [0.29, 0.717) is 29.8 Å². The van der Waals surface area contributed by atoms with Gasteiger partial charge in [0.1, 0.15) is 0 Å². The molecule has 0 radical (unpaired) electrons. The second-order valence-corrected chi connectivity index (χ2v) is 7.61. The Hall–Kier alpha value is -0.340. The van der Waals surface area contributed by atoms with Crippen LogP contribution < -0.4 is 0 Å². The highest BCUT2D eigenvalue weighted by molar-refractivity contribution is 5.27. The van der Waals surface area contributed by atoms with Gasteiger partial charge in [0.15, 0.2) is 0 Å². The van der Waals surface area contributed by atoms with E-state index in [9.17, 15) is 5.11 Å². The lowest BCUT2D eigenvalue weighted by Gasteiger charge is -2.29. The van der Waals surface area contributed by atoms with Crippen molar-refractivity contribution in [1.82, 2.24) is 0 Å². The Morgan fingerprint density at radius 2 is 2.00 bits per heavy atom. The number of fused-ring (bicyclic) bond motifs is 1. The maximum absolute atomic E-state index is 10.2. The van der Waals surface area contributed by atoms with Gasteiger partial charge in [-0.3, -0.25) is 0 Å². The lowest BCUT2D eigenvalue weighted by atomic mass is 9.85. The van der Waals surface area contributed by atoms with Gasteiger partial charge in [0.2, 0.25) is 0 Å². The maximum Gasteiger partial charge on any atom is 0.0712 e. The van der Waals surface area contributed by atoms with Crippen molar-refractivity contribution in [2.75, 3.05) is 0 Å². The first-order chi connectivity index (χ1) is 8.35. The number of hydrogen-bond acceptors (Lipinski definition) is 2. The van der Waals surface area contributed by atoms with E-state index in [0.717, 1.165) is 12.8 Å². The van der Waals surface area contributed by atoms with Gasteiger partial charge in [-0.25, -0.2) is 0 Å². The summed E-state index contributed by atoms with van der Waals surface area (Å²) in [4.78, 5) is 0. The minimum absolute atomic E-state index is 0.0579. The Labute approximate surface area is 110 Å². The van der Waals surface area contributed by atoms with Gasteiger partial charge in [0, 0.05) is 11.8 Å². The third kappa shape index (κ3) is 2.04. The van der Waals surface area contributed by atoms with E-state index in [2.05, 4.69) is 33.8 Å². The van der Waals surface area contributed by atoms with Crippen LogP contribution in [0.1, 0.15) is 47.0 Å². The van der Waals surface area contributed by atoms with Gasteiger partial charge in [-0.05, 0) is 51.9 Å². The first-order valence-corrected chi connectivity index (χ1v) is 7.41. The number of hydrogen-bond donors (Lipinski definition) is 1. The van der Waals surface area contributed by atoms with Gasteiger partial charge in [-0.15, -0.1) is 0 Å². The van der Waals surface area contributed by atoms with Crippen LogP contribution in [0.4, 0.5) is 0 Å². The molecule has 2 bridgehead atoms. The summed E-state index contributed by atoms with van der Waals surface area (Å²) in [7, 11) is 0. The molecule has 0 aromatic heterocycles. The second-order valence-electron chi connectivity index (χ2n) is 7.61. The molecule has 0 unspecified atom stereocenters. The SMILES string of the molecule is C[C@H]1CC2=C[C@H]3C[C@@H](C[C@@H]1O)[C@@H]2[C@@H]3OC(C)(C)C. The fraction of sp³-hybridized carbons (Fsp3) is 0.875.